The van der Waals surface area contributed by atoms with Gasteiger partial charge >= 0.3 is 0 Å². The summed E-state index contributed by atoms with van der Waals surface area (Å²) in [4.78, 5) is 0. The molecule has 1 fully saturated rings. The third-order valence-corrected chi connectivity index (χ3v) is 2.58. The maximum absolute atomic E-state index is 5.94. The fourth-order valence-electron chi connectivity index (χ4n) is 1.54. The van der Waals surface area contributed by atoms with Crippen LogP contribution in [0.2, 0.25) is 0 Å². The lowest BCUT2D eigenvalue weighted by Crippen LogP contribution is -2.32. The summed E-state index contributed by atoms with van der Waals surface area (Å²) in [6.45, 7) is 4.09. The van der Waals surface area contributed by atoms with Crippen molar-refractivity contribution in [3.63, 3.8) is 0 Å². The van der Waals surface area contributed by atoms with Crippen molar-refractivity contribution < 1.29 is 0 Å². The number of nitrogens with two attached hydrogens (primary N) is 1. The summed E-state index contributed by atoms with van der Waals surface area (Å²) < 4.78 is 2.20. The summed E-state index contributed by atoms with van der Waals surface area (Å²) in [5.74, 6) is 1.09. The zero-order chi connectivity index (χ0) is 10.2. The normalized spacial score (nSPS) is 17.4. The fraction of sp³-hybridized carbons (Fsp3) is 0.800. The highest BCUT2D eigenvalue weighted by Crippen LogP contribution is 2.35. The van der Waals surface area contributed by atoms with Crippen LogP contribution >= 0.6 is 0 Å². The molecule has 2 rings (SSSR count). The van der Waals surface area contributed by atoms with E-state index in [9.17, 15) is 0 Å². The molecule has 1 aliphatic carbocycles. The van der Waals surface area contributed by atoms with Gasteiger partial charge in [-0.3, -0.25) is 0 Å². The summed E-state index contributed by atoms with van der Waals surface area (Å²) in [6, 6.07) is 0.667. The predicted octanol–water partition coefficient (Wildman–Crippen LogP) is 1.28. The molecule has 1 saturated carbocycles. The van der Waals surface area contributed by atoms with Gasteiger partial charge in [0, 0.05) is 18.0 Å². The van der Waals surface area contributed by atoms with Crippen molar-refractivity contribution in [2.24, 2.45) is 5.73 Å². The smallest absolute Gasteiger partial charge is 0.133 e. The van der Waals surface area contributed by atoms with Crippen LogP contribution in [0.3, 0.4) is 0 Å². The molecule has 0 aromatic carbocycles. The Bertz CT molecular complexity index is 306. The predicted molar refractivity (Wildman–Crippen MR) is 54.9 cm³/mol. The van der Waals surface area contributed by atoms with Gasteiger partial charge in [0.1, 0.15) is 12.2 Å². The molecule has 14 heavy (non-hydrogen) atoms. The van der Waals surface area contributed by atoms with Crippen LogP contribution in [0.25, 0.3) is 0 Å². The van der Waals surface area contributed by atoms with E-state index in [0.717, 1.165) is 18.7 Å². The van der Waals surface area contributed by atoms with Gasteiger partial charge in [0.25, 0.3) is 0 Å². The molecule has 0 spiro atoms. The van der Waals surface area contributed by atoms with Crippen LogP contribution in [0, 0.1) is 0 Å². The number of aromatic nitrogens is 3. The number of hydrogen-bond acceptors (Lipinski definition) is 3. The molecule has 2 N–H and O–H groups in total. The first-order valence-electron chi connectivity index (χ1n) is 5.23. The fourth-order valence-corrected chi connectivity index (χ4v) is 1.54. The van der Waals surface area contributed by atoms with Crippen LogP contribution in [0.15, 0.2) is 6.33 Å². The number of hydrogen-bond donors (Lipinski definition) is 1. The minimum absolute atomic E-state index is 0.111. The van der Waals surface area contributed by atoms with Crippen LogP contribution in [0.4, 0.5) is 0 Å². The first-order valence-corrected chi connectivity index (χ1v) is 5.23. The standard InChI is InChI=1S/C10H18N4/c1-10(2,11)6-5-9-13-12-7-14(9)8-3-4-8/h7-8H,3-6,11H2,1-2H3. The van der Waals surface area contributed by atoms with Gasteiger partial charge in [0.2, 0.25) is 0 Å². The molecule has 4 nitrogen and oxygen atoms in total. The molecule has 0 saturated heterocycles. The lowest BCUT2D eigenvalue weighted by atomic mass is 10.00. The summed E-state index contributed by atoms with van der Waals surface area (Å²) in [5.41, 5.74) is 5.83. The second kappa shape index (κ2) is 3.35. The van der Waals surface area contributed by atoms with Gasteiger partial charge in [0.15, 0.2) is 0 Å². The van der Waals surface area contributed by atoms with Gasteiger partial charge in [-0.05, 0) is 33.1 Å². The maximum atomic E-state index is 5.94. The van der Waals surface area contributed by atoms with Crippen LogP contribution < -0.4 is 5.73 Å². The van der Waals surface area contributed by atoms with Gasteiger partial charge < -0.3 is 10.3 Å². The van der Waals surface area contributed by atoms with E-state index in [4.69, 9.17) is 5.73 Å². The molecular weight excluding hydrogens is 176 g/mol. The summed E-state index contributed by atoms with van der Waals surface area (Å²) in [7, 11) is 0. The van der Waals surface area contributed by atoms with E-state index in [1.165, 1.54) is 12.8 Å². The van der Waals surface area contributed by atoms with Crippen molar-refractivity contribution in [2.45, 2.75) is 51.1 Å². The Balaban J connectivity index is 1.98. The quantitative estimate of drug-likeness (QED) is 0.785. The minimum atomic E-state index is -0.111. The van der Waals surface area contributed by atoms with Crippen molar-refractivity contribution >= 4 is 0 Å². The highest BCUT2D eigenvalue weighted by atomic mass is 15.3. The average molecular weight is 194 g/mol. The molecule has 78 valence electrons. The third kappa shape index (κ3) is 2.32. The monoisotopic (exact) mass is 194 g/mol. The Hall–Kier alpha value is -0.900. The van der Waals surface area contributed by atoms with Crippen LogP contribution in [0.1, 0.15) is 45.0 Å². The van der Waals surface area contributed by atoms with Crippen molar-refractivity contribution in [3.05, 3.63) is 12.2 Å². The van der Waals surface area contributed by atoms with Gasteiger partial charge in [-0.15, -0.1) is 10.2 Å². The van der Waals surface area contributed by atoms with E-state index < -0.39 is 0 Å². The molecule has 1 aromatic rings. The van der Waals surface area contributed by atoms with Crippen molar-refractivity contribution in [1.29, 1.82) is 0 Å². The minimum Gasteiger partial charge on any atom is -0.326 e. The lowest BCUT2D eigenvalue weighted by Gasteiger charge is -2.17. The number of rotatable bonds is 4. The molecule has 0 radical (unpaired) electrons. The first-order chi connectivity index (χ1) is 6.56. The second-order valence-electron chi connectivity index (χ2n) is 4.87. The Kier molecular flexibility index (Phi) is 2.31. The molecule has 1 aliphatic rings. The molecule has 0 amide bonds. The molecule has 1 aromatic heterocycles. The van der Waals surface area contributed by atoms with E-state index in [2.05, 4.69) is 14.8 Å². The average Bonchev–Trinajstić information content (AvgIpc) is 2.81. The van der Waals surface area contributed by atoms with E-state index in [0.29, 0.717) is 6.04 Å². The first kappa shape index (κ1) is 9.65. The van der Waals surface area contributed by atoms with Crippen LogP contribution in [-0.4, -0.2) is 20.3 Å². The number of aryl methyl sites for hydroxylation is 1. The Morgan fingerprint density at radius 2 is 2.29 bits per heavy atom. The van der Waals surface area contributed by atoms with E-state index in [1.807, 2.05) is 20.2 Å². The van der Waals surface area contributed by atoms with Crippen LogP contribution in [-0.2, 0) is 6.42 Å². The van der Waals surface area contributed by atoms with Gasteiger partial charge in [-0.2, -0.15) is 0 Å². The van der Waals surface area contributed by atoms with E-state index in [1.54, 1.807) is 0 Å². The molecule has 0 atom stereocenters. The molecule has 0 aliphatic heterocycles. The second-order valence-corrected chi connectivity index (χ2v) is 4.87. The highest BCUT2D eigenvalue weighted by Gasteiger charge is 2.26. The summed E-state index contributed by atoms with van der Waals surface area (Å²) in [6.07, 6.45) is 6.28. The Labute approximate surface area is 84.5 Å². The Morgan fingerprint density at radius 3 is 2.86 bits per heavy atom. The summed E-state index contributed by atoms with van der Waals surface area (Å²) in [5, 5.41) is 8.09. The van der Waals surface area contributed by atoms with Gasteiger partial charge in [-0.25, -0.2) is 0 Å². The number of nitrogens with zero attached hydrogens (tertiary/aromatic N) is 3. The van der Waals surface area contributed by atoms with E-state index >= 15 is 0 Å². The Morgan fingerprint density at radius 1 is 1.57 bits per heavy atom. The van der Waals surface area contributed by atoms with Crippen molar-refractivity contribution in [1.82, 2.24) is 14.8 Å². The SMILES string of the molecule is CC(C)(N)CCc1nncn1C1CC1. The van der Waals surface area contributed by atoms with Gasteiger partial charge in [-0.1, -0.05) is 0 Å². The highest BCUT2D eigenvalue weighted by molar-refractivity contribution is 4.96. The van der Waals surface area contributed by atoms with Crippen molar-refractivity contribution in [3.8, 4) is 0 Å². The maximum Gasteiger partial charge on any atom is 0.133 e. The molecule has 0 unspecified atom stereocenters. The van der Waals surface area contributed by atoms with Crippen molar-refractivity contribution in [2.75, 3.05) is 0 Å². The molecule has 1 heterocycles. The topological polar surface area (TPSA) is 56.7 Å². The van der Waals surface area contributed by atoms with E-state index in [-0.39, 0.29) is 5.54 Å². The van der Waals surface area contributed by atoms with Gasteiger partial charge in [0.05, 0.1) is 0 Å². The third-order valence-electron chi connectivity index (χ3n) is 2.58. The lowest BCUT2D eigenvalue weighted by molar-refractivity contribution is 0.464. The van der Waals surface area contributed by atoms with Crippen LogP contribution in [0.5, 0.6) is 0 Å². The molecule has 0 bridgehead atoms. The summed E-state index contributed by atoms with van der Waals surface area (Å²) >= 11 is 0. The largest absolute Gasteiger partial charge is 0.326 e. The zero-order valence-corrected chi connectivity index (χ0v) is 8.90. The molecular formula is C10H18N4. The zero-order valence-electron chi connectivity index (χ0n) is 8.90. The molecule has 4 heteroatoms.